The summed E-state index contributed by atoms with van der Waals surface area (Å²) in [4.78, 5) is 16.6. The van der Waals surface area contributed by atoms with E-state index in [-0.39, 0.29) is 0 Å². The fourth-order valence-corrected chi connectivity index (χ4v) is 3.07. The molecule has 5 heterocycles. The second-order valence-corrected chi connectivity index (χ2v) is 6.00. The van der Waals surface area contributed by atoms with Crippen molar-refractivity contribution in [3.05, 3.63) is 60.7 Å². The monoisotopic (exact) mass is 326 g/mol. The van der Waals surface area contributed by atoms with Crippen LogP contribution in [0.3, 0.4) is 0 Å². The van der Waals surface area contributed by atoms with Gasteiger partial charge in [-0.3, -0.25) is 15.1 Å². The van der Waals surface area contributed by atoms with Crippen molar-refractivity contribution >= 4 is 21.9 Å². The van der Waals surface area contributed by atoms with Crippen molar-refractivity contribution in [2.75, 3.05) is 0 Å². The van der Waals surface area contributed by atoms with Gasteiger partial charge < -0.3 is 4.98 Å². The normalized spacial score (nSPS) is 11.4. The summed E-state index contributed by atoms with van der Waals surface area (Å²) in [5.74, 6) is 0. The number of rotatable bonds is 2. The van der Waals surface area contributed by atoms with Gasteiger partial charge in [-0.05, 0) is 42.8 Å². The Balaban J connectivity index is 1.71. The third-order valence-electron chi connectivity index (χ3n) is 4.40. The average molecular weight is 326 g/mol. The Bertz CT molecular complexity index is 1180. The first-order chi connectivity index (χ1) is 12.3. The minimum absolute atomic E-state index is 0.801. The van der Waals surface area contributed by atoms with Crippen LogP contribution in [0.25, 0.3) is 44.6 Å². The molecule has 0 spiro atoms. The van der Waals surface area contributed by atoms with Gasteiger partial charge in [-0.25, -0.2) is 4.98 Å². The third-order valence-corrected chi connectivity index (χ3v) is 4.40. The van der Waals surface area contributed by atoms with Gasteiger partial charge >= 0.3 is 0 Å². The van der Waals surface area contributed by atoms with E-state index in [0.29, 0.717) is 0 Å². The summed E-state index contributed by atoms with van der Waals surface area (Å²) >= 11 is 0. The molecule has 0 aromatic carbocycles. The number of aromatic amines is 2. The largest absolute Gasteiger partial charge is 0.353 e. The number of aromatic nitrogens is 6. The summed E-state index contributed by atoms with van der Waals surface area (Å²) in [5, 5.41) is 8.57. The molecule has 5 aromatic rings. The molecule has 0 bridgehead atoms. The zero-order valence-electron chi connectivity index (χ0n) is 13.5. The lowest BCUT2D eigenvalue weighted by atomic mass is 10.1. The van der Waals surface area contributed by atoms with Crippen molar-refractivity contribution in [3.63, 3.8) is 0 Å². The van der Waals surface area contributed by atoms with Crippen LogP contribution >= 0.6 is 0 Å². The van der Waals surface area contributed by atoms with Gasteiger partial charge in [0.15, 0.2) is 0 Å². The van der Waals surface area contributed by atoms with Gasteiger partial charge in [0.1, 0.15) is 11.2 Å². The zero-order valence-corrected chi connectivity index (χ0v) is 13.5. The van der Waals surface area contributed by atoms with Crippen LogP contribution in [0.2, 0.25) is 0 Å². The number of nitrogens with zero attached hydrogens (tertiary/aromatic N) is 4. The molecule has 0 radical (unpaired) electrons. The van der Waals surface area contributed by atoms with E-state index in [1.54, 1.807) is 12.4 Å². The van der Waals surface area contributed by atoms with Crippen LogP contribution in [0.1, 0.15) is 5.56 Å². The summed E-state index contributed by atoms with van der Waals surface area (Å²) in [6.07, 6.45) is 7.24. The van der Waals surface area contributed by atoms with Gasteiger partial charge in [0, 0.05) is 41.3 Å². The molecule has 0 saturated carbocycles. The molecule has 0 fully saturated rings. The Kier molecular flexibility index (Phi) is 2.90. The fourth-order valence-electron chi connectivity index (χ4n) is 3.07. The van der Waals surface area contributed by atoms with Crippen LogP contribution in [0.5, 0.6) is 0 Å². The lowest BCUT2D eigenvalue weighted by Crippen LogP contribution is -1.89. The number of hydrogen-bond donors (Lipinski definition) is 2. The molecule has 0 saturated heterocycles. The van der Waals surface area contributed by atoms with Crippen LogP contribution in [0.4, 0.5) is 0 Å². The highest BCUT2D eigenvalue weighted by atomic mass is 15.1. The molecule has 2 N–H and O–H groups in total. The SMILES string of the molecule is Cc1ccncc1-c1ccc2[nH]nc(-c3cc4cnccc4[nH]3)c2n1. The molecule has 0 amide bonds. The summed E-state index contributed by atoms with van der Waals surface area (Å²) in [6.45, 7) is 2.06. The predicted molar refractivity (Wildman–Crippen MR) is 96.9 cm³/mol. The van der Waals surface area contributed by atoms with Crippen LogP contribution in [0.15, 0.2) is 55.1 Å². The van der Waals surface area contributed by atoms with E-state index in [2.05, 4.69) is 32.1 Å². The minimum atomic E-state index is 0.801. The Morgan fingerprint density at radius 1 is 0.920 bits per heavy atom. The van der Waals surface area contributed by atoms with Crippen LogP contribution in [0, 0.1) is 6.92 Å². The lowest BCUT2D eigenvalue weighted by Gasteiger charge is -2.04. The summed E-state index contributed by atoms with van der Waals surface area (Å²) in [7, 11) is 0. The molecule has 0 aliphatic heterocycles. The van der Waals surface area contributed by atoms with Crippen molar-refractivity contribution in [1.29, 1.82) is 0 Å². The van der Waals surface area contributed by atoms with E-state index in [0.717, 1.165) is 50.1 Å². The number of pyridine rings is 3. The van der Waals surface area contributed by atoms with E-state index in [4.69, 9.17) is 4.98 Å². The van der Waals surface area contributed by atoms with Gasteiger partial charge in [0.05, 0.1) is 16.9 Å². The summed E-state index contributed by atoms with van der Waals surface area (Å²) in [5.41, 5.74) is 7.54. The first-order valence-corrected chi connectivity index (χ1v) is 7.99. The molecule has 0 aliphatic rings. The Hall–Kier alpha value is -3.54. The van der Waals surface area contributed by atoms with E-state index < -0.39 is 0 Å². The first kappa shape index (κ1) is 13.9. The molecule has 25 heavy (non-hydrogen) atoms. The van der Waals surface area contributed by atoms with E-state index in [9.17, 15) is 0 Å². The van der Waals surface area contributed by atoms with Crippen LogP contribution in [-0.4, -0.2) is 30.1 Å². The van der Waals surface area contributed by atoms with Gasteiger partial charge in [-0.15, -0.1) is 0 Å². The number of nitrogens with one attached hydrogen (secondary N) is 2. The predicted octanol–water partition coefficient (Wildman–Crippen LogP) is 3.87. The molecular formula is C19H14N6. The molecule has 0 unspecified atom stereocenters. The maximum atomic E-state index is 4.84. The minimum Gasteiger partial charge on any atom is -0.353 e. The topological polar surface area (TPSA) is 83.1 Å². The molecule has 5 aromatic heterocycles. The molecule has 0 aliphatic carbocycles. The number of hydrogen-bond acceptors (Lipinski definition) is 4. The van der Waals surface area contributed by atoms with Gasteiger partial charge in [0.25, 0.3) is 0 Å². The van der Waals surface area contributed by atoms with Crippen molar-refractivity contribution in [3.8, 4) is 22.6 Å². The maximum absolute atomic E-state index is 4.84. The van der Waals surface area contributed by atoms with Gasteiger partial charge in [-0.1, -0.05) is 0 Å². The third kappa shape index (κ3) is 2.19. The smallest absolute Gasteiger partial charge is 0.135 e. The molecule has 6 heteroatoms. The summed E-state index contributed by atoms with van der Waals surface area (Å²) < 4.78 is 0. The first-order valence-electron chi connectivity index (χ1n) is 7.99. The van der Waals surface area contributed by atoms with E-state index in [1.165, 1.54) is 0 Å². The Labute approximate surface area is 143 Å². The van der Waals surface area contributed by atoms with Crippen molar-refractivity contribution in [2.45, 2.75) is 6.92 Å². The van der Waals surface area contributed by atoms with Gasteiger partial charge in [0.2, 0.25) is 0 Å². The lowest BCUT2D eigenvalue weighted by molar-refractivity contribution is 1.12. The maximum Gasteiger partial charge on any atom is 0.135 e. The Morgan fingerprint density at radius 3 is 2.68 bits per heavy atom. The Morgan fingerprint density at radius 2 is 1.80 bits per heavy atom. The fraction of sp³-hybridized carbons (Fsp3) is 0.0526. The summed E-state index contributed by atoms with van der Waals surface area (Å²) in [6, 6.07) is 9.98. The molecule has 0 atom stereocenters. The van der Waals surface area contributed by atoms with Crippen molar-refractivity contribution < 1.29 is 0 Å². The molecule has 5 rings (SSSR count). The quantitative estimate of drug-likeness (QED) is 0.516. The van der Waals surface area contributed by atoms with E-state index in [1.807, 2.05) is 42.7 Å². The average Bonchev–Trinajstić information content (AvgIpc) is 3.25. The standard InChI is InChI=1S/C19H14N6/c1-11-4-6-21-10-13(11)15-2-3-16-18(23-15)19(25-24-16)17-8-12-9-20-7-5-14(12)22-17/h2-10,22H,1H3,(H,24,25). The van der Waals surface area contributed by atoms with Crippen molar-refractivity contribution in [2.24, 2.45) is 0 Å². The highest BCUT2D eigenvalue weighted by Crippen LogP contribution is 2.29. The van der Waals surface area contributed by atoms with Gasteiger partial charge in [-0.2, -0.15) is 5.10 Å². The van der Waals surface area contributed by atoms with Crippen LogP contribution < -0.4 is 0 Å². The van der Waals surface area contributed by atoms with Crippen molar-refractivity contribution in [1.82, 2.24) is 30.1 Å². The molecular weight excluding hydrogens is 312 g/mol. The van der Waals surface area contributed by atoms with E-state index >= 15 is 0 Å². The zero-order chi connectivity index (χ0) is 16.8. The highest BCUT2D eigenvalue weighted by molar-refractivity contribution is 5.94. The number of H-pyrrole nitrogens is 2. The molecule has 120 valence electrons. The second-order valence-electron chi connectivity index (χ2n) is 6.00. The highest BCUT2D eigenvalue weighted by Gasteiger charge is 2.14. The molecule has 6 nitrogen and oxygen atoms in total. The number of aryl methyl sites for hydroxylation is 1. The van der Waals surface area contributed by atoms with Crippen LogP contribution in [-0.2, 0) is 0 Å². The number of fused-ring (bicyclic) bond motifs is 2. The second kappa shape index (κ2) is 5.24.